The number of hydrogen-bond donors (Lipinski definition) is 1. The third-order valence-electron chi connectivity index (χ3n) is 4.32. The Hall–Kier alpha value is -2.93. The van der Waals surface area contributed by atoms with E-state index in [0.717, 1.165) is 11.8 Å². The molecule has 2 aromatic carbocycles. The fourth-order valence-electron chi connectivity index (χ4n) is 2.89. The number of anilines is 1. The highest BCUT2D eigenvalue weighted by Gasteiger charge is 2.29. The molecule has 0 bridgehead atoms. The molecule has 0 radical (unpaired) electrons. The van der Waals surface area contributed by atoms with Gasteiger partial charge in [-0.1, -0.05) is 24.3 Å². The van der Waals surface area contributed by atoms with E-state index in [4.69, 9.17) is 4.74 Å². The molecule has 0 aromatic heterocycles. The molecule has 28 heavy (non-hydrogen) atoms. The number of ketones is 2. The van der Waals surface area contributed by atoms with E-state index in [0.29, 0.717) is 29.0 Å². The second-order valence-corrected chi connectivity index (χ2v) is 7.54. The van der Waals surface area contributed by atoms with Crippen LogP contribution in [-0.2, 0) is 14.3 Å². The van der Waals surface area contributed by atoms with Gasteiger partial charge in [0.05, 0.1) is 17.6 Å². The van der Waals surface area contributed by atoms with Crippen LogP contribution in [0.5, 0.6) is 0 Å². The van der Waals surface area contributed by atoms with E-state index in [1.807, 2.05) is 0 Å². The van der Waals surface area contributed by atoms with E-state index in [1.165, 1.54) is 6.07 Å². The second-order valence-electron chi connectivity index (χ2n) is 6.21. The van der Waals surface area contributed by atoms with Crippen LogP contribution >= 0.6 is 11.8 Å². The molecule has 0 heterocycles. The van der Waals surface area contributed by atoms with Gasteiger partial charge in [-0.3, -0.25) is 19.2 Å². The maximum atomic E-state index is 12.7. The number of ether oxygens (including phenoxy) is 1. The number of hydrogen-bond acceptors (Lipinski definition) is 6. The topological polar surface area (TPSA) is 89.5 Å². The van der Waals surface area contributed by atoms with Crippen molar-refractivity contribution in [2.24, 2.45) is 0 Å². The molecule has 144 valence electrons. The van der Waals surface area contributed by atoms with Crippen molar-refractivity contribution in [3.05, 3.63) is 64.7 Å². The number of thioether (sulfide) groups is 1. The van der Waals surface area contributed by atoms with E-state index in [2.05, 4.69) is 5.32 Å². The summed E-state index contributed by atoms with van der Waals surface area (Å²) < 4.78 is 4.84. The number of fused-ring (bicyclic) bond motifs is 2. The SMILES string of the molecule is CCOC(=O)CS[C@@H](C)C(=O)Nc1ccc2c(c1)C(=O)c1ccccc1C2=O. The van der Waals surface area contributed by atoms with Gasteiger partial charge < -0.3 is 10.1 Å². The fourth-order valence-corrected chi connectivity index (χ4v) is 3.57. The van der Waals surface area contributed by atoms with Crippen LogP contribution in [0.2, 0.25) is 0 Å². The van der Waals surface area contributed by atoms with Gasteiger partial charge in [0, 0.05) is 27.9 Å². The zero-order chi connectivity index (χ0) is 20.3. The Balaban J connectivity index is 1.73. The minimum atomic E-state index is -0.488. The van der Waals surface area contributed by atoms with Crippen molar-refractivity contribution in [3.8, 4) is 0 Å². The van der Waals surface area contributed by atoms with E-state index in [1.54, 1.807) is 50.2 Å². The van der Waals surface area contributed by atoms with Crippen LogP contribution in [0.4, 0.5) is 5.69 Å². The lowest BCUT2D eigenvalue weighted by Crippen LogP contribution is -2.25. The molecule has 7 heteroatoms. The number of rotatable bonds is 6. The average molecular weight is 397 g/mol. The van der Waals surface area contributed by atoms with Gasteiger partial charge in [0.25, 0.3) is 0 Å². The molecule has 1 amide bonds. The van der Waals surface area contributed by atoms with Crippen molar-refractivity contribution in [1.29, 1.82) is 0 Å². The molecule has 0 unspecified atom stereocenters. The minimum Gasteiger partial charge on any atom is -0.465 e. The largest absolute Gasteiger partial charge is 0.465 e. The molecule has 0 saturated heterocycles. The zero-order valence-electron chi connectivity index (χ0n) is 15.5. The number of amides is 1. The lowest BCUT2D eigenvalue weighted by molar-refractivity contribution is -0.139. The maximum Gasteiger partial charge on any atom is 0.315 e. The molecule has 1 N–H and O–H groups in total. The molecular weight excluding hydrogens is 378 g/mol. The number of benzene rings is 2. The van der Waals surface area contributed by atoms with Crippen LogP contribution in [0.1, 0.15) is 45.7 Å². The zero-order valence-corrected chi connectivity index (χ0v) is 16.3. The first-order valence-electron chi connectivity index (χ1n) is 8.83. The van der Waals surface area contributed by atoms with Crippen LogP contribution < -0.4 is 5.32 Å². The monoisotopic (exact) mass is 397 g/mol. The summed E-state index contributed by atoms with van der Waals surface area (Å²) in [7, 11) is 0. The predicted octanol–water partition coefficient (Wildman–Crippen LogP) is 3.09. The molecule has 0 aliphatic heterocycles. The van der Waals surface area contributed by atoms with E-state index < -0.39 is 5.25 Å². The summed E-state index contributed by atoms with van der Waals surface area (Å²) in [5.41, 5.74) is 1.77. The van der Waals surface area contributed by atoms with Gasteiger partial charge >= 0.3 is 5.97 Å². The number of carbonyl (C=O) groups is 4. The van der Waals surface area contributed by atoms with Crippen molar-refractivity contribution in [3.63, 3.8) is 0 Å². The van der Waals surface area contributed by atoms with E-state index in [9.17, 15) is 19.2 Å². The molecule has 0 fully saturated rings. The highest BCUT2D eigenvalue weighted by Crippen LogP contribution is 2.29. The van der Waals surface area contributed by atoms with Gasteiger partial charge in [0.15, 0.2) is 11.6 Å². The average Bonchev–Trinajstić information content (AvgIpc) is 2.70. The standard InChI is InChI=1S/C21H19NO5S/c1-3-27-18(23)11-28-12(2)21(26)22-13-8-9-16-17(10-13)20(25)15-7-5-4-6-14(15)19(16)24/h4-10,12H,3,11H2,1-2H3,(H,22,26)/t12-/m0/s1. The molecular formula is C21H19NO5S. The lowest BCUT2D eigenvalue weighted by Gasteiger charge is -2.18. The minimum absolute atomic E-state index is 0.0797. The van der Waals surface area contributed by atoms with Gasteiger partial charge in [-0.15, -0.1) is 11.8 Å². The van der Waals surface area contributed by atoms with E-state index in [-0.39, 0.29) is 34.8 Å². The summed E-state index contributed by atoms with van der Waals surface area (Å²) in [6, 6.07) is 11.4. The summed E-state index contributed by atoms with van der Waals surface area (Å²) in [4.78, 5) is 49.1. The molecule has 0 saturated carbocycles. The Morgan fingerprint density at radius 3 is 2.25 bits per heavy atom. The molecule has 0 spiro atoms. The van der Waals surface area contributed by atoms with Crippen molar-refractivity contribution in [2.45, 2.75) is 19.1 Å². The van der Waals surface area contributed by atoms with Crippen LogP contribution in [0, 0.1) is 0 Å². The van der Waals surface area contributed by atoms with Crippen molar-refractivity contribution < 1.29 is 23.9 Å². The third-order valence-corrected chi connectivity index (χ3v) is 5.43. The van der Waals surface area contributed by atoms with Crippen molar-refractivity contribution in [2.75, 3.05) is 17.7 Å². The fraction of sp³-hybridized carbons (Fsp3) is 0.238. The van der Waals surface area contributed by atoms with Crippen LogP contribution in [0.25, 0.3) is 0 Å². The Morgan fingerprint density at radius 2 is 1.61 bits per heavy atom. The molecule has 6 nitrogen and oxygen atoms in total. The lowest BCUT2D eigenvalue weighted by atomic mass is 9.84. The van der Waals surface area contributed by atoms with Gasteiger partial charge in [-0.05, 0) is 32.0 Å². The van der Waals surface area contributed by atoms with Crippen LogP contribution in [0.15, 0.2) is 42.5 Å². The first-order chi connectivity index (χ1) is 13.4. The van der Waals surface area contributed by atoms with Gasteiger partial charge in [-0.2, -0.15) is 0 Å². The summed E-state index contributed by atoms with van der Waals surface area (Å²) in [6.45, 7) is 3.70. The Bertz CT molecular complexity index is 969. The quantitative estimate of drug-likeness (QED) is 0.643. The Kier molecular flexibility index (Phi) is 5.94. The summed E-state index contributed by atoms with van der Waals surface area (Å²) in [6.07, 6.45) is 0. The second kappa shape index (κ2) is 8.39. The highest BCUT2D eigenvalue weighted by atomic mass is 32.2. The normalized spacial score (nSPS) is 13.4. The molecule has 3 rings (SSSR count). The van der Waals surface area contributed by atoms with E-state index >= 15 is 0 Å². The Labute approximate surface area is 166 Å². The summed E-state index contributed by atoms with van der Waals surface area (Å²) in [5, 5.41) is 2.24. The van der Waals surface area contributed by atoms with Crippen LogP contribution in [0.3, 0.4) is 0 Å². The highest BCUT2D eigenvalue weighted by molar-refractivity contribution is 8.01. The van der Waals surface area contributed by atoms with Gasteiger partial charge in [0.1, 0.15) is 0 Å². The number of nitrogens with one attached hydrogen (secondary N) is 1. The molecule has 1 aliphatic rings. The molecule has 1 aliphatic carbocycles. The molecule has 1 atom stereocenters. The number of carbonyl (C=O) groups excluding carboxylic acids is 4. The first-order valence-corrected chi connectivity index (χ1v) is 9.87. The van der Waals surface area contributed by atoms with Crippen molar-refractivity contribution in [1.82, 2.24) is 0 Å². The van der Waals surface area contributed by atoms with Crippen LogP contribution in [-0.4, -0.2) is 41.1 Å². The summed E-state index contributed by atoms with van der Waals surface area (Å²) >= 11 is 1.16. The maximum absolute atomic E-state index is 12.7. The Morgan fingerprint density at radius 1 is 1.00 bits per heavy atom. The third kappa shape index (κ3) is 3.99. The number of esters is 1. The smallest absolute Gasteiger partial charge is 0.315 e. The summed E-state index contributed by atoms with van der Waals surface area (Å²) in [5.74, 6) is -1.04. The van der Waals surface area contributed by atoms with Gasteiger partial charge in [-0.25, -0.2) is 0 Å². The first kappa shape index (κ1) is 19.8. The van der Waals surface area contributed by atoms with Gasteiger partial charge in [0.2, 0.25) is 5.91 Å². The predicted molar refractivity (Wildman–Crippen MR) is 107 cm³/mol. The molecule has 2 aromatic rings. The van der Waals surface area contributed by atoms with Crippen molar-refractivity contribution >= 4 is 40.9 Å².